The molecule has 0 spiro atoms. The van der Waals surface area contributed by atoms with Gasteiger partial charge < -0.3 is 10.3 Å². The molecule has 4 heteroatoms. The van der Waals surface area contributed by atoms with Crippen LogP contribution < -0.4 is 10.9 Å². The average Bonchev–Trinajstić information content (AvgIpc) is 2.16. The van der Waals surface area contributed by atoms with Gasteiger partial charge in [0.25, 0.3) is 11.5 Å². The molecule has 1 aliphatic carbocycles. The first-order chi connectivity index (χ1) is 7.27. The second kappa shape index (κ2) is 4.29. The summed E-state index contributed by atoms with van der Waals surface area (Å²) in [5.41, 5.74) is -0.138. The van der Waals surface area contributed by atoms with Crippen molar-refractivity contribution in [3.8, 4) is 0 Å². The third-order valence-electron chi connectivity index (χ3n) is 2.84. The van der Waals surface area contributed by atoms with Gasteiger partial charge in [-0.2, -0.15) is 0 Å². The molecule has 1 aromatic heterocycles. The highest BCUT2D eigenvalue weighted by atomic mass is 16.2. The molecule has 0 radical (unpaired) electrons. The first-order valence-electron chi connectivity index (χ1n) is 5.23. The van der Waals surface area contributed by atoms with Crippen LogP contribution in [-0.4, -0.2) is 17.4 Å². The number of H-pyrrole nitrogens is 1. The van der Waals surface area contributed by atoms with Crippen molar-refractivity contribution in [1.82, 2.24) is 10.3 Å². The van der Waals surface area contributed by atoms with E-state index in [1.807, 2.05) is 0 Å². The Morgan fingerprint density at radius 1 is 1.53 bits per heavy atom. The number of amides is 1. The maximum atomic E-state index is 11.6. The van der Waals surface area contributed by atoms with Crippen LogP contribution in [0.3, 0.4) is 0 Å². The molecule has 1 fully saturated rings. The summed E-state index contributed by atoms with van der Waals surface area (Å²) in [7, 11) is 0. The lowest BCUT2D eigenvalue weighted by atomic mass is 9.85. The largest absolute Gasteiger partial charge is 0.352 e. The average molecular weight is 206 g/mol. The lowest BCUT2D eigenvalue weighted by Crippen LogP contribution is -2.34. The van der Waals surface area contributed by atoms with E-state index in [2.05, 4.69) is 10.3 Å². The van der Waals surface area contributed by atoms with Gasteiger partial charge in [-0.3, -0.25) is 9.59 Å². The standard InChI is InChI=1S/C11H14N2O2/c14-10-9(5-2-6-12-10)11(15)13-7-8-3-1-4-8/h2,5-6,8H,1,3-4,7H2,(H,12,14)(H,13,15). The number of carbonyl (C=O) groups excluding carboxylic acids is 1. The Hall–Kier alpha value is -1.58. The summed E-state index contributed by atoms with van der Waals surface area (Å²) >= 11 is 0. The van der Waals surface area contributed by atoms with E-state index in [4.69, 9.17) is 0 Å². The minimum absolute atomic E-state index is 0.192. The Bertz CT molecular complexity index is 407. The quantitative estimate of drug-likeness (QED) is 0.772. The Morgan fingerprint density at radius 3 is 2.93 bits per heavy atom. The van der Waals surface area contributed by atoms with Crippen LogP contribution in [0.4, 0.5) is 0 Å². The molecule has 0 aromatic carbocycles. The maximum Gasteiger partial charge on any atom is 0.260 e. The summed E-state index contributed by atoms with van der Waals surface area (Å²) < 4.78 is 0. The predicted molar refractivity (Wildman–Crippen MR) is 56.7 cm³/mol. The van der Waals surface area contributed by atoms with Gasteiger partial charge in [0.05, 0.1) is 0 Å². The van der Waals surface area contributed by atoms with Crippen molar-refractivity contribution < 1.29 is 4.79 Å². The molecule has 0 aliphatic heterocycles. The van der Waals surface area contributed by atoms with Crippen molar-refractivity contribution in [1.29, 1.82) is 0 Å². The SMILES string of the molecule is O=C(NCC1CCC1)c1ccc[nH]c1=O. The van der Waals surface area contributed by atoms with Gasteiger partial charge in [0.2, 0.25) is 0 Å². The zero-order valence-electron chi connectivity index (χ0n) is 8.45. The molecule has 0 atom stereocenters. The van der Waals surface area contributed by atoms with Gasteiger partial charge in [0.1, 0.15) is 5.56 Å². The fraction of sp³-hybridized carbons (Fsp3) is 0.455. The number of nitrogens with one attached hydrogen (secondary N) is 2. The zero-order valence-corrected chi connectivity index (χ0v) is 8.45. The Kier molecular flexibility index (Phi) is 2.85. The number of aromatic amines is 1. The van der Waals surface area contributed by atoms with Crippen LogP contribution in [0.2, 0.25) is 0 Å². The highest BCUT2D eigenvalue weighted by Crippen LogP contribution is 2.25. The van der Waals surface area contributed by atoms with Crippen molar-refractivity contribution in [3.63, 3.8) is 0 Å². The molecule has 1 aromatic rings. The van der Waals surface area contributed by atoms with E-state index in [0.29, 0.717) is 12.5 Å². The van der Waals surface area contributed by atoms with Gasteiger partial charge in [-0.1, -0.05) is 6.42 Å². The van der Waals surface area contributed by atoms with Gasteiger partial charge in [-0.15, -0.1) is 0 Å². The molecule has 0 bridgehead atoms. The predicted octanol–water partition coefficient (Wildman–Crippen LogP) is 0.905. The lowest BCUT2D eigenvalue weighted by molar-refractivity contribution is 0.0937. The first-order valence-corrected chi connectivity index (χ1v) is 5.23. The molecule has 0 unspecified atom stereocenters. The van der Waals surface area contributed by atoms with E-state index in [1.54, 1.807) is 6.07 Å². The molecular formula is C11H14N2O2. The monoisotopic (exact) mass is 206 g/mol. The van der Waals surface area contributed by atoms with E-state index < -0.39 is 0 Å². The van der Waals surface area contributed by atoms with E-state index in [0.717, 1.165) is 0 Å². The fourth-order valence-electron chi connectivity index (χ4n) is 1.63. The Morgan fingerprint density at radius 2 is 2.33 bits per heavy atom. The third-order valence-corrected chi connectivity index (χ3v) is 2.84. The second-order valence-corrected chi connectivity index (χ2v) is 3.92. The highest BCUT2D eigenvalue weighted by Gasteiger charge is 2.18. The molecule has 2 rings (SSSR count). The van der Waals surface area contributed by atoms with Crippen molar-refractivity contribution in [2.45, 2.75) is 19.3 Å². The van der Waals surface area contributed by atoms with E-state index in [1.165, 1.54) is 31.5 Å². The minimum atomic E-state index is -0.330. The van der Waals surface area contributed by atoms with Gasteiger partial charge in [0.15, 0.2) is 0 Å². The van der Waals surface area contributed by atoms with Crippen LogP contribution in [0.25, 0.3) is 0 Å². The normalized spacial score (nSPS) is 15.7. The summed E-state index contributed by atoms with van der Waals surface area (Å²) in [5, 5.41) is 2.78. The number of hydrogen-bond donors (Lipinski definition) is 2. The van der Waals surface area contributed by atoms with Crippen molar-refractivity contribution >= 4 is 5.91 Å². The minimum Gasteiger partial charge on any atom is -0.352 e. The highest BCUT2D eigenvalue weighted by molar-refractivity contribution is 5.93. The van der Waals surface area contributed by atoms with Crippen LogP contribution >= 0.6 is 0 Å². The summed E-state index contributed by atoms with van der Waals surface area (Å²) in [6.45, 7) is 0.688. The number of carbonyl (C=O) groups is 1. The molecule has 4 nitrogen and oxygen atoms in total. The van der Waals surface area contributed by atoms with Gasteiger partial charge in [0, 0.05) is 12.7 Å². The van der Waals surface area contributed by atoms with Crippen LogP contribution in [0.1, 0.15) is 29.6 Å². The van der Waals surface area contributed by atoms with E-state index in [9.17, 15) is 9.59 Å². The molecule has 1 aliphatic rings. The van der Waals surface area contributed by atoms with Crippen molar-refractivity contribution in [3.05, 3.63) is 34.2 Å². The zero-order chi connectivity index (χ0) is 10.7. The van der Waals surface area contributed by atoms with Crippen LogP contribution in [-0.2, 0) is 0 Å². The summed E-state index contributed by atoms with van der Waals surface area (Å²) in [4.78, 5) is 25.3. The summed E-state index contributed by atoms with van der Waals surface area (Å²) in [6, 6.07) is 3.19. The Labute approximate surface area is 87.7 Å². The molecule has 80 valence electrons. The molecule has 1 saturated carbocycles. The van der Waals surface area contributed by atoms with E-state index >= 15 is 0 Å². The summed E-state index contributed by atoms with van der Waals surface area (Å²) in [5.74, 6) is 0.334. The molecule has 1 amide bonds. The van der Waals surface area contributed by atoms with E-state index in [-0.39, 0.29) is 17.0 Å². The number of pyridine rings is 1. The smallest absolute Gasteiger partial charge is 0.260 e. The topological polar surface area (TPSA) is 62.0 Å². The van der Waals surface area contributed by atoms with Gasteiger partial charge in [-0.05, 0) is 30.9 Å². The second-order valence-electron chi connectivity index (χ2n) is 3.92. The third kappa shape index (κ3) is 2.26. The number of rotatable bonds is 3. The van der Waals surface area contributed by atoms with Crippen LogP contribution in [0, 0.1) is 5.92 Å². The van der Waals surface area contributed by atoms with Crippen molar-refractivity contribution in [2.24, 2.45) is 5.92 Å². The molecule has 0 saturated heterocycles. The number of aromatic nitrogens is 1. The summed E-state index contributed by atoms with van der Waals surface area (Å²) in [6.07, 6.45) is 5.15. The number of hydrogen-bond acceptors (Lipinski definition) is 2. The van der Waals surface area contributed by atoms with Crippen LogP contribution in [0.15, 0.2) is 23.1 Å². The van der Waals surface area contributed by atoms with Gasteiger partial charge >= 0.3 is 0 Å². The molecular weight excluding hydrogens is 192 g/mol. The fourth-order valence-corrected chi connectivity index (χ4v) is 1.63. The molecule has 2 N–H and O–H groups in total. The lowest BCUT2D eigenvalue weighted by Gasteiger charge is -2.25. The maximum absolute atomic E-state index is 11.6. The molecule has 15 heavy (non-hydrogen) atoms. The Balaban J connectivity index is 1.95. The molecule has 1 heterocycles. The van der Waals surface area contributed by atoms with Crippen molar-refractivity contribution in [2.75, 3.05) is 6.54 Å². The van der Waals surface area contributed by atoms with Crippen LogP contribution in [0.5, 0.6) is 0 Å². The first kappa shape index (κ1) is 9.96. The van der Waals surface area contributed by atoms with Gasteiger partial charge in [-0.25, -0.2) is 0 Å².